The number of rotatable bonds is 4. The SMILES string of the molecule is CC(=O)[C@H]1CC[C@@]2(C)[C@@H]3CCC4=CC(=O)CC[C@@]4(C)[C@@H]3CC[C@]12CCCO. The number of hydrogen-bond donors (Lipinski definition) is 1. The summed E-state index contributed by atoms with van der Waals surface area (Å²) in [6.45, 7) is 6.92. The first-order valence-electron chi connectivity index (χ1n) is 11.1. The summed E-state index contributed by atoms with van der Waals surface area (Å²) in [5, 5.41) is 9.55. The molecule has 0 aliphatic heterocycles. The van der Waals surface area contributed by atoms with E-state index in [9.17, 15) is 14.7 Å². The first-order valence-corrected chi connectivity index (χ1v) is 11.1. The third-order valence-electron chi connectivity index (χ3n) is 9.74. The summed E-state index contributed by atoms with van der Waals surface area (Å²) in [6.07, 6.45) is 12.2. The highest BCUT2D eigenvalue weighted by Crippen LogP contribution is 2.73. The van der Waals surface area contributed by atoms with Gasteiger partial charge in [-0.3, -0.25) is 9.59 Å². The molecular weight excluding hydrogens is 336 g/mol. The summed E-state index contributed by atoms with van der Waals surface area (Å²) in [5.41, 5.74) is 1.85. The van der Waals surface area contributed by atoms with E-state index >= 15 is 0 Å². The number of allylic oxidation sites excluding steroid dienone is 1. The molecule has 0 spiro atoms. The van der Waals surface area contributed by atoms with E-state index in [1.54, 1.807) is 6.92 Å². The van der Waals surface area contributed by atoms with Crippen molar-refractivity contribution in [1.29, 1.82) is 0 Å². The second kappa shape index (κ2) is 6.54. The topological polar surface area (TPSA) is 54.4 Å². The van der Waals surface area contributed by atoms with Crippen LogP contribution in [0.1, 0.15) is 85.0 Å². The maximum absolute atomic E-state index is 12.6. The van der Waals surface area contributed by atoms with Gasteiger partial charge < -0.3 is 5.11 Å². The summed E-state index contributed by atoms with van der Waals surface area (Å²) in [4.78, 5) is 24.6. The van der Waals surface area contributed by atoms with Crippen LogP contribution in [0.5, 0.6) is 0 Å². The quantitative estimate of drug-likeness (QED) is 0.766. The molecule has 1 N–H and O–H groups in total. The lowest BCUT2D eigenvalue weighted by Crippen LogP contribution is -2.57. The van der Waals surface area contributed by atoms with Crippen molar-refractivity contribution in [3.05, 3.63) is 11.6 Å². The van der Waals surface area contributed by atoms with Gasteiger partial charge in [-0.15, -0.1) is 0 Å². The number of aliphatic hydroxyl groups is 1. The van der Waals surface area contributed by atoms with Gasteiger partial charge in [0.2, 0.25) is 0 Å². The van der Waals surface area contributed by atoms with E-state index in [2.05, 4.69) is 13.8 Å². The van der Waals surface area contributed by atoms with E-state index < -0.39 is 0 Å². The lowest BCUT2D eigenvalue weighted by molar-refractivity contribution is -0.145. The van der Waals surface area contributed by atoms with Crippen molar-refractivity contribution in [2.45, 2.75) is 85.0 Å². The fourth-order valence-electron chi connectivity index (χ4n) is 8.36. The molecule has 3 nitrogen and oxygen atoms in total. The van der Waals surface area contributed by atoms with Crippen LogP contribution >= 0.6 is 0 Å². The van der Waals surface area contributed by atoms with Crippen molar-refractivity contribution >= 4 is 11.6 Å². The van der Waals surface area contributed by atoms with Crippen LogP contribution in [0, 0.1) is 34.0 Å². The molecule has 0 unspecified atom stereocenters. The van der Waals surface area contributed by atoms with Gasteiger partial charge in [0.05, 0.1) is 0 Å². The maximum Gasteiger partial charge on any atom is 0.155 e. The minimum absolute atomic E-state index is 0.0742. The third-order valence-corrected chi connectivity index (χ3v) is 9.74. The molecule has 4 rings (SSSR count). The van der Waals surface area contributed by atoms with Gasteiger partial charge in [0.15, 0.2) is 5.78 Å². The van der Waals surface area contributed by atoms with Crippen molar-refractivity contribution in [3.8, 4) is 0 Å². The van der Waals surface area contributed by atoms with Crippen LogP contribution in [0.15, 0.2) is 11.6 Å². The van der Waals surface area contributed by atoms with Gasteiger partial charge >= 0.3 is 0 Å². The zero-order chi connectivity index (χ0) is 19.4. The van der Waals surface area contributed by atoms with Crippen LogP contribution in [0.4, 0.5) is 0 Å². The molecule has 0 aromatic rings. The summed E-state index contributed by atoms with van der Waals surface area (Å²) in [5.74, 6) is 2.14. The predicted molar refractivity (Wildman–Crippen MR) is 106 cm³/mol. The van der Waals surface area contributed by atoms with E-state index in [1.165, 1.54) is 18.4 Å². The molecular formula is C24H36O3. The van der Waals surface area contributed by atoms with Crippen molar-refractivity contribution in [3.63, 3.8) is 0 Å². The maximum atomic E-state index is 12.6. The molecule has 4 aliphatic rings. The standard InChI is InChI=1S/C24H36O3/c1-16(26)19-8-12-23(3)21-6-5-17-15-18(27)7-11-22(17,2)20(21)9-13-24(19,23)10-4-14-25/h15,19-21,25H,4-14H2,1-3H3/t19-,20-,21-,22-,23+,24-/m1/s1. The number of aliphatic hydroxyl groups excluding tert-OH is 1. The van der Waals surface area contributed by atoms with Gasteiger partial charge in [-0.2, -0.15) is 0 Å². The molecule has 0 aromatic carbocycles. The molecule has 0 heterocycles. The van der Waals surface area contributed by atoms with Crippen molar-refractivity contribution in [2.24, 2.45) is 34.0 Å². The normalized spacial score (nSPS) is 46.3. The molecule has 3 saturated carbocycles. The van der Waals surface area contributed by atoms with Gasteiger partial charge in [-0.1, -0.05) is 19.4 Å². The summed E-state index contributed by atoms with van der Waals surface area (Å²) in [6, 6.07) is 0. The van der Waals surface area contributed by atoms with Crippen LogP contribution in [-0.2, 0) is 9.59 Å². The molecule has 3 heteroatoms. The first kappa shape index (κ1) is 19.4. The average molecular weight is 373 g/mol. The number of carbonyl (C=O) groups is 2. The average Bonchev–Trinajstić information content (AvgIpc) is 2.94. The molecule has 150 valence electrons. The van der Waals surface area contributed by atoms with Crippen LogP contribution in [0.2, 0.25) is 0 Å². The summed E-state index contributed by atoms with van der Waals surface area (Å²) >= 11 is 0. The van der Waals surface area contributed by atoms with Crippen molar-refractivity contribution < 1.29 is 14.7 Å². The molecule has 0 aromatic heterocycles. The number of hydrogen-bond acceptors (Lipinski definition) is 3. The van der Waals surface area contributed by atoms with Gasteiger partial charge in [-0.05, 0) is 98.9 Å². The molecule has 4 aliphatic carbocycles. The molecule has 0 amide bonds. The Morgan fingerprint density at radius 3 is 2.59 bits per heavy atom. The summed E-state index contributed by atoms with van der Waals surface area (Å²) < 4.78 is 0. The highest BCUT2D eigenvalue weighted by Gasteiger charge is 2.66. The number of fused-ring (bicyclic) bond motifs is 5. The van der Waals surface area contributed by atoms with E-state index in [0.717, 1.165) is 44.9 Å². The number of Topliss-reactive ketones (excluding diaryl/α,β-unsaturated/α-hetero) is 1. The zero-order valence-corrected chi connectivity index (χ0v) is 17.4. The Hall–Kier alpha value is -0.960. The Bertz CT molecular complexity index is 679. The Morgan fingerprint density at radius 2 is 1.89 bits per heavy atom. The van der Waals surface area contributed by atoms with Crippen LogP contribution in [-0.4, -0.2) is 23.3 Å². The van der Waals surface area contributed by atoms with Crippen LogP contribution in [0.25, 0.3) is 0 Å². The molecule has 3 fully saturated rings. The van der Waals surface area contributed by atoms with Crippen LogP contribution in [0.3, 0.4) is 0 Å². The largest absolute Gasteiger partial charge is 0.396 e. The predicted octanol–water partition coefficient (Wildman–Crippen LogP) is 4.87. The van der Waals surface area contributed by atoms with Crippen molar-refractivity contribution in [2.75, 3.05) is 6.61 Å². The molecule has 0 saturated heterocycles. The second-order valence-corrected chi connectivity index (χ2v) is 10.4. The Morgan fingerprint density at radius 1 is 1.11 bits per heavy atom. The van der Waals surface area contributed by atoms with Crippen molar-refractivity contribution in [1.82, 2.24) is 0 Å². The van der Waals surface area contributed by atoms with E-state index in [1.807, 2.05) is 6.08 Å². The highest BCUT2D eigenvalue weighted by molar-refractivity contribution is 5.91. The third kappa shape index (κ3) is 2.56. The minimum atomic E-state index is 0.0742. The summed E-state index contributed by atoms with van der Waals surface area (Å²) in [7, 11) is 0. The number of carbonyl (C=O) groups excluding carboxylic acids is 2. The fourth-order valence-corrected chi connectivity index (χ4v) is 8.36. The lowest BCUT2D eigenvalue weighted by atomic mass is 9.41. The van der Waals surface area contributed by atoms with Gasteiger partial charge in [0, 0.05) is 18.9 Å². The number of ketones is 2. The first-order chi connectivity index (χ1) is 12.8. The molecule has 27 heavy (non-hydrogen) atoms. The Balaban J connectivity index is 1.73. The lowest BCUT2D eigenvalue weighted by Gasteiger charge is -2.63. The fraction of sp³-hybridized carbons (Fsp3) is 0.833. The molecule has 6 atom stereocenters. The van der Waals surface area contributed by atoms with Crippen LogP contribution < -0.4 is 0 Å². The van der Waals surface area contributed by atoms with E-state index in [-0.39, 0.29) is 28.8 Å². The second-order valence-electron chi connectivity index (χ2n) is 10.4. The molecule has 0 radical (unpaired) electrons. The molecule has 0 bridgehead atoms. The Kier molecular flexibility index (Phi) is 4.69. The van der Waals surface area contributed by atoms with Gasteiger partial charge in [0.25, 0.3) is 0 Å². The van der Waals surface area contributed by atoms with Gasteiger partial charge in [0.1, 0.15) is 5.78 Å². The van der Waals surface area contributed by atoms with E-state index in [4.69, 9.17) is 0 Å². The van der Waals surface area contributed by atoms with E-state index in [0.29, 0.717) is 29.8 Å². The monoisotopic (exact) mass is 372 g/mol. The smallest absolute Gasteiger partial charge is 0.155 e. The Labute approximate surface area is 164 Å². The minimum Gasteiger partial charge on any atom is -0.396 e. The van der Waals surface area contributed by atoms with Gasteiger partial charge in [-0.25, -0.2) is 0 Å². The zero-order valence-electron chi connectivity index (χ0n) is 17.4. The highest BCUT2D eigenvalue weighted by atomic mass is 16.3.